The highest BCUT2D eigenvalue weighted by molar-refractivity contribution is 5.94. The third kappa shape index (κ3) is 5.95. The first-order valence-electron chi connectivity index (χ1n) is 10.7. The molecule has 0 saturated carbocycles. The summed E-state index contributed by atoms with van der Waals surface area (Å²) in [6.45, 7) is 8.02. The molecule has 1 N–H and O–H groups in total. The second-order valence-corrected chi connectivity index (χ2v) is 8.19. The van der Waals surface area contributed by atoms with Crippen LogP contribution in [0.15, 0.2) is 42.5 Å². The van der Waals surface area contributed by atoms with Crippen LogP contribution in [0.5, 0.6) is 0 Å². The van der Waals surface area contributed by atoms with E-state index in [9.17, 15) is 9.18 Å². The van der Waals surface area contributed by atoms with Crippen LogP contribution >= 0.6 is 0 Å². The highest BCUT2D eigenvalue weighted by Gasteiger charge is 2.17. The Morgan fingerprint density at radius 2 is 1.83 bits per heavy atom. The van der Waals surface area contributed by atoms with E-state index in [1.54, 1.807) is 31.1 Å². The Balaban J connectivity index is 1.33. The largest absolute Gasteiger partial charge is 0.375 e. The van der Waals surface area contributed by atoms with Gasteiger partial charge in [-0.25, -0.2) is 4.39 Å². The van der Waals surface area contributed by atoms with E-state index in [1.165, 1.54) is 17.3 Å². The second kappa shape index (κ2) is 10.4. The van der Waals surface area contributed by atoms with E-state index in [2.05, 4.69) is 46.3 Å². The molecule has 162 valence electrons. The fourth-order valence-electron chi connectivity index (χ4n) is 3.83. The van der Waals surface area contributed by atoms with Gasteiger partial charge in [-0.3, -0.25) is 9.69 Å². The number of amides is 1. The van der Waals surface area contributed by atoms with Crippen molar-refractivity contribution in [3.05, 3.63) is 59.4 Å². The van der Waals surface area contributed by atoms with Crippen molar-refractivity contribution in [3.8, 4) is 0 Å². The van der Waals surface area contributed by atoms with Crippen LogP contribution < -0.4 is 15.1 Å². The van der Waals surface area contributed by atoms with Crippen LogP contribution in [-0.4, -0.2) is 64.2 Å². The number of aryl methyl sites for hydroxylation is 1. The minimum atomic E-state index is -0.377. The molecule has 0 bridgehead atoms. The standard InChI is InChI=1S/C24H33FN4O/c1-19-7-6-8-21(17-19)29-15-13-28(14-16-29)12-5-4-11-26-24(30)20-9-10-23(27(2)3)22(25)18-20/h6-10,17-18H,4-5,11-16H2,1-3H3,(H,26,30). The summed E-state index contributed by atoms with van der Waals surface area (Å²) in [5.74, 6) is -0.594. The van der Waals surface area contributed by atoms with Gasteiger partial charge in [0.25, 0.3) is 5.91 Å². The molecule has 0 aromatic heterocycles. The molecule has 0 atom stereocenters. The molecule has 30 heavy (non-hydrogen) atoms. The molecule has 5 nitrogen and oxygen atoms in total. The summed E-state index contributed by atoms with van der Waals surface area (Å²) < 4.78 is 14.0. The topological polar surface area (TPSA) is 38.8 Å². The molecule has 0 radical (unpaired) electrons. The van der Waals surface area contributed by atoms with Gasteiger partial charge in [-0.2, -0.15) is 0 Å². The maximum Gasteiger partial charge on any atom is 0.251 e. The average molecular weight is 413 g/mol. The number of rotatable bonds is 8. The van der Waals surface area contributed by atoms with Gasteiger partial charge in [0.1, 0.15) is 5.82 Å². The van der Waals surface area contributed by atoms with E-state index in [-0.39, 0.29) is 11.7 Å². The van der Waals surface area contributed by atoms with Crippen molar-refractivity contribution in [1.29, 1.82) is 0 Å². The summed E-state index contributed by atoms with van der Waals surface area (Å²) in [6, 6.07) is 13.3. The molecule has 1 fully saturated rings. The van der Waals surface area contributed by atoms with Gasteiger partial charge in [0.05, 0.1) is 5.69 Å². The van der Waals surface area contributed by atoms with Crippen molar-refractivity contribution < 1.29 is 9.18 Å². The van der Waals surface area contributed by atoms with Gasteiger partial charge in [0.15, 0.2) is 0 Å². The zero-order valence-corrected chi connectivity index (χ0v) is 18.3. The number of benzene rings is 2. The molecule has 1 amide bonds. The Bertz CT molecular complexity index is 847. The normalized spacial score (nSPS) is 14.6. The summed E-state index contributed by atoms with van der Waals surface area (Å²) in [7, 11) is 3.56. The molecule has 6 heteroatoms. The van der Waals surface area contributed by atoms with Crippen LogP contribution in [0, 0.1) is 12.7 Å². The first kappa shape index (κ1) is 22.1. The fraction of sp³-hybridized carbons (Fsp3) is 0.458. The van der Waals surface area contributed by atoms with Gasteiger partial charge in [-0.15, -0.1) is 0 Å². The number of piperazine rings is 1. The molecule has 1 saturated heterocycles. The summed E-state index contributed by atoms with van der Waals surface area (Å²) in [4.78, 5) is 18.9. The predicted molar refractivity (Wildman–Crippen MR) is 122 cm³/mol. The predicted octanol–water partition coefficient (Wildman–Crippen LogP) is 3.53. The quantitative estimate of drug-likeness (QED) is 0.674. The Morgan fingerprint density at radius 3 is 2.50 bits per heavy atom. The number of carbonyl (C=O) groups excluding carboxylic acids is 1. The highest BCUT2D eigenvalue weighted by atomic mass is 19.1. The van der Waals surface area contributed by atoms with Crippen molar-refractivity contribution in [2.75, 3.05) is 63.2 Å². The molecular weight excluding hydrogens is 379 g/mol. The SMILES string of the molecule is Cc1cccc(N2CCN(CCCCNC(=O)c3ccc(N(C)C)c(F)c3)CC2)c1. The molecule has 0 spiro atoms. The number of hydrogen-bond donors (Lipinski definition) is 1. The lowest BCUT2D eigenvalue weighted by atomic mass is 10.1. The van der Waals surface area contributed by atoms with Crippen molar-refractivity contribution in [2.45, 2.75) is 19.8 Å². The van der Waals surface area contributed by atoms with E-state index in [4.69, 9.17) is 0 Å². The molecule has 1 heterocycles. The molecule has 2 aromatic carbocycles. The summed E-state index contributed by atoms with van der Waals surface area (Å²) in [5, 5.41) is 2.90. The van der Waals surface area contributed by atoms with Gasteiger partial charge < -0.3 is 15.1 Å². The van der Waals surface area contributed by atoms with Gasteiger partial charge in [0.2, 0.25) is 0 Å². The lowest BCUT2D eigenvalue weighted by molar-refractivity contribution is 0.0952. The minimum absolute atomic E-state index is 0.217. The summed E-state index contributed by atoms with van der Waals surface area (Å²) >= 11 is 0. The molecule has 1 aliphatic heterocycles. The van der Waals surface area contributed by atoms with E-state index in [1.807, 2.05) is 0 Å². The third-order valence-electron chi connectivity index (χ3n) is 5.62. The second-order valence-electron chi connectivity index (χ2n) is 8.19. The zero-order chi connectivity index (χ0) is 21.5. The number of nitrogens with zero attached hydrogens (tertiary/aromatic N) is 3. The Kier molecular flexibility index (Phi) is 7.69. The molecule has 0 aliphatic carbocycles. The fourth-order valence-corrected chi connectivity index (χ4v) is 3.83. The number of halogens is 1. The first-order valence-corrected chi connectivity index (χ1v) is 10.7. The van der Waals surface area contributed by atoms with Gasteiger partial charge in [0, 0.05) is 58.1 Å². The van der Waals surface area contributed by atoms with E-state index in [0.29, 0.717) is 17.8 Å². The molecular formula is C24H33FN4O. The number of carbonyl (C=O) groups is 1. The zero-order valence-electron chi connectivity index (χ0n) is 18.3. The monoisotopic (exact) mass is 412 g/mol. The average Bonchev–Trinajstić information content (AvgIpc) is 2.73. The molecule has 3 rings (SSSR count). The van der Waals surface area contributed by atoms with Crippen LogP contribution in [0.1, 0.15) is 28.8 Å². The number of hydrogen-bond acceptors (Lipinski definition) is 4. The lowest BCUT2D eigenvalue weighted by Crippen LogP contribution is -2.46. The Hall–Kier alpha value is -2.60. The maximum atomic E-state index is 14.0. The highest BCUT2D eigenvalue weighted by Crippen LogP contribution is 2.19. The van der Waals surface area contributed by atoms with Gasteiger partial charge in [-0.05, 0) is 62.2 Å². The van der Waals surface area contributed by atoms with Crippen molar-refractivity contribution in [1.82, 2.24) is 10.2 Å². The molecule has 0 unspecified atom stereocenters. The maximum absolute atomic E-state index is 14.0. The van der Waals surface area contributed by atoms with Crippen LogP contribution in [0.2, 0.25) is 0 Å². The molecule has 2 aromatic rings. The summed E-state index contributed by atoms with van der Waals surface area (Å²) in [6.07, 6.45) is 1.96. The van der Waals surface area contributed by atoms with E-state index in [0.717, 1.165) is 45.6 Å². The van der Waals surface area contributed by atoms with Crippen molar-refractivity contribution in [2.24, 2.45) is 0 Å². The van der Waals surface area contributed by atoms with Crippen LogP contribution in [-0.2, 0) is 0 Å². The van der Waals surface area contributed by atoms with E-state index >= 15 is 0 Å². The Morgan fingerprint density at radius 1 is 1.07 bits per heavy atom. The molecule has 1 aliphatic rings. The van der Waals surface area contributed by atoms with Gasteiger partial charge >= 0.3 is 0 Å². The van der Waals surface area contributed by atoms with E-state index < -0.39 is 0 Å². The van der Waals surface area contributed by atoms with Crippen LogP contribution in [0.4, 0.5) is 15.8 Å². The van der Waals surface area contributed by atoms with Crippen molar-refractivity contribution in [3.63, 3.8) is 0 Å². The number of nitrogens with one attached hydrogen (secondary N) is 1. The number of unbranched alkanes of at least 4 members (excludes halogenated alkanes) is 1. The van der Waals surface area contributed by atoms with Crippen LogP contribution in [0.25, 0.3) is 0 Å². The first-order chi connectivity index (χ1) is 14.4. The summed E-state index contributed by atoms with van der Waals surface area (Å²) in [5.41, 5.74) is 3.46. The van der Waals surface area contributed by atoms with Crippen LogP contribution in [0.3, 0.4) is 0 Å². The van der Waals surface area contributed by atoms with Crippen molar-refractivity contribution >= 4 is 17.3 Å². The minimum Gasteiger partial charge on any atom is -0.375 e. The smallest absolute Gasteiger partial charge is 0.251 e. The Labute approximate surface area is 179 Å². The van der Waals surface area contributed by atoms with Gasteiger partial charge in [-0.1, -0.05) is 12.1 Å². The lowest BCUT2D eigenvalue weighted by Gasteiger charge is -2.36. The third-order valence-corrected chi connectivity index (χ3v) is 5.62. The number of anilines is 2.